The van der Waals surface area contributed by atoms with Gasteiger partial charge >= 0.3 is 11.9 Å². The SMILES string of the molecule is CC(=O)OC1CCCC1OC(=O)c1ccc([N+](=O)[O-])cc1. The molecule has 112 valence electrons. The normalized spacial score (nSPS) is 20.8. The van der Waals surface area contributed by atoms with Gasteiger partial charge in [-0.05, 0) is 31.4 Å². The molecule has 1 aliphatic carbocycles. The Labute approximate surface area is 121 Å². The molecule has 0 heterocycles. The van der Waals surface area contributed by atoms with Crippen LogP contribution < -0.4 is 0 Å². The summed E-state index contributed by atoms with van der Waals surface area (Å²) < 4.78 is 10.4. The molecule has 7 nitrogen and oxygen atoms in total. The molecule has 0 radical (unpaired) electrons. The van der Waals surface area contributed by atoms with E-state index < -0.39 is 29.1 Å². The van der Waals surface area contributed by atoms with Gasteiger partial charge in [0.25, 0.3) is 5.69 Å². The number of carbonyl (C=O) groups excluding carboxylic acids is 2. The van der Waals surface area contributed by atoms with Crippen LogP contribution in [0.4, 0.5) is 5.69 Å². The maximum Gasteiger partial charge on any atom is 0.338 e. The fourth-order valence-corrected chi connectivity index (χ4v) is 2.30. The number of ether oxygens (including phenoxy) is 2. The van der Waals surface area contributed by atoms with Crippen LogP contribution in [-0.2, 0) is 14.3 Å². The van der Waals surface area contributed by atoms with Crippen molar-refractivity contribution in [2.45, 2.75) is 38.4 Å². The highest BCUT2D eigenvalue weighted by molar-refractivity contribution is 5.89. The molecule has 1 saturated carbocycles. The maximum atomic E-state index is 12.0. The Balaban J connectivity index is 2.00. The van der Waals surface area contributed by atoms with Gasteiger partial charge in [-0.25, -0.2) is 4.79 Å². The molecule has 2 atom stereocenters. The molecule has 1 fully saturated rings. The second-order valence-corrected chi connectivity index (χ2v) is 4.83. The molecule has 0 saturated heterocycles. The lowest BCUT2D eigenvalue weighted by Gasteiger charge is -2.19. The minimum atomic E-state index is -0.575. The minimum absolute atomic E-state index is 0.0924. The van der Waals surface area contributed by atoms with Gasteiger partial charge in [-0.2, -0.15) is 0 Å². The molecule has 2 unspecified atom stereocenters. The highest BCUT2D eigenvalue weighted by atomic mass is 16.6. The zero-order valence-electron chi connectivity index (χ0n) is 11.5. The third-order valence-corrected chi connectivity index (χ3v) is 3.28. The molecular formula is C14H15NO6. The van der Waals surface area contributed by atoms with Crippen LogP contribution in [0.15, 0.2) is 24.3 Å². The lowest BCUT2D eigenvalue weighted by Crippen LogP contribution is -2.30. The number of hydrogen-bond acceptors (Lipinski definition) is 6. The van der Waals surface area contributed by atoms with E-state index >= 15 is 0 Å². The van der Waals surface area contributed by atoms with Crippen molar-refractivity contribution >= 4 is 17.6 Å². The summed E-state index contributed by atoms with van der Waals surface area (Å²) in [5.41, 5.74) is 0.138. The van der Waals surface area contributed by atoms with Gasteiger partial charge in [-0.1, -0.05) is 0 Å². The van der Waals surface area contributed by atoms with E-state index in [2.05, 4.69) is 0 Å². The number of nitro groups is 1. The predicted molar refractivity (Wildman–Crippen MR) is 71.7 cm³/mol. The van der Waals surface area contributed by atoms with Crippen molar-refractivity contribution in [2.75, 3.05) is 0 Å². The van der Waals surface area contributed by atoms with E-state index in [-0.39, 0.29) is 11.3 Å². The molecule has 1 aromatic carbocycles. The van der Waals surface area contributed by atoms with Gasteiger partial charge in [0.2, 0.25) is 0 Å². The zero-order chi connectivity index (χ0) is 15.4. The van der Waals surface area contributed by atoms with Gasteiger partial charge in [-0.15, -0.1) is 0 Å². The lowest BCUT2D eigenvalue weighted by atomic mass is 10.2. The van der Waals surface area contributed by atoms with E-state index in [1.807, 2.05) is 0 Å². The summed E-state index contributed by atoms with van der Waals surface area (Å²) in [4.78, 5) is 33.0. The largest absolute Gasteiger partial charge is 0.459 e. The molecule has 0 N–H and O–H groups in total. The quantitative estimate of drug-likeness (QED) is 0.480. The summed E-state index contributed by atoms with van der Waals surface area (Å²) >= 11 is 0. The van der Waals surface area contributed by atoms with Gasteiger partial charge in [0.15, 0.2) is 0 Å². The standard InChI is InChI=1S/C14H15NO6/c1-9(16)20-12-3-2-4-13(12)21-14(17)10-5-7-11(8-6-10)15(18)19/h5-8,12-13H,2-4H2,1H3. The zero-order valence-corrected chi connectivity index (χ0v) is 11.5. The van der Waals surface area contributed by atoms with Crippen molar-refractivity contribution in [1.82, 2.24) is 0 Å². The predicted octanol–water partition coefficient (Wildman–Crippen LogP) is 2.24. The Hall–Kier alpha value is -2.44. The van der Waals surface area contributed by atoms with E-state index in [0.29, 0.717) is 12.8 Å². The molecule has 0 amide bonds. The topological polar surface area (TPSA) is 95.7 Å². The number of nitrogens with zero attached hydrogens (tertiary/aromatic N) is 1. The molecule has 1 aliphatic rings. The highest BCUT2D eigenvalue weighted by Gasteiger charge is 2.33. The van der Waals surface area contributed by atoms with Crippen LogP contribution in [0.3, 0.4) is 0 Å². The Morgan fingerprint density at radius 1 is 1.14 bits per heavy atom. The Bertz CT molecular complexity index is 553. The molecule has 7 heteroatoms. The molecule has 0 spiro atoms. The molecule has 0 aromatic heterocycles. The number of carbonyl (C=O) groups is 2. The molecular weight excluding hydrogens is 278 g/mol. The van der Waals surface area contributed by atoms with Crippen LogP contribution in [0.2, 0.25) is 0 Å². The van der Waals surface area contributed by atoms with Gasteiger partial charge in [0.05, 0.1) is 10.5 Å². The molecule has 21 heavy (non-hydrogen) atoms. The average molecular weight is 293 g/mol. The van der Waals surface area contributed by atoms with Crippen molar-refractivity contribution in [1.29, 1.82) is 0 Å². The summed E-state index contributed by atoms with van der Waals surface area (Å²) in [6.45, 7) is 1.31. The first-order valence-corrected chi connectivity index (χ1v) is 6.60. The summed E-state index contributed by atoms with van der Waals surface area (Å²) in [6.07, 6.45) is 1.24. The van der Waals surface area contributed by atoms with E-state index in [1.165, 1.54) is 31.2 Å². The summed E-state index contributed by atoms with van der Waals surface area (Å²) in [7, 11) is 0. The van der Waals surface area contributed by atoms with Gasteiger partial charge in [0, 0.05) is 19.1 Å². The monoisotopic (exact) mass is 293 g/mol. The summed E-state index contributed by atoms with van der Waals surface area (Å²) in [6, 6.07) is 5.18. The number of hydrogen-bond donors (Lipinski definition) is 0. The number of non-ortho nitro benzene ring substituents is 1. The second-order valence-electron chi connectivity index (χ2n) is 4.83. The lowest BCUT2D eigenvalue weighted by molar-refractivity contribution is -0.384. The van der Waals surface area contributed by atoms with E-state index in [1.54, 1.807) is 0 Å². The van der Waals surface area contributed by atoms with Crippen LogP contribution in [0.5, 0.6) is 0 Å². The van der Waals surface area contributed by atoms with Crippen LogP contribution in [0.1, 0.15) is 36.5 Å². The van der Waals surface area contributed by atoms with E-state index in [0.717, 1.165) is 6.42 Å². The van der Waals surface area contributed by atoms with Crippen molar-refractivity contribution in [3.05, 3.63) is 39.9 Å². The minimum Gasteiger partial charge on any atom is -0.459 e. The smallest absolute Gasteiger partial charge is 0.338 e. The van der Waals surface area contributed by atoms with Gasteiger partial charge in [-0.3, -0.25) is 14.9 Å². The fourth-order valence-electron chi connectivity index (χ4n) is 2.30. The van der Waals surface area contributed by atoms with Crippen LogP contribution in [-0.4, -0.2) is 29.1 Å². The molecule has 2 rings (SSSR count). The number of rotatable bonds is 4. The summed E-state index contributed by atoms with van der Waals surface area (Å²) in [5.74, 6) is -0.979. The third kappa shape index (κ3) is 3.77. The maximum absolute atomic E-state index is 12.0. The van der Waals surface area contributed by atoms with Crippen molar-refractivity contribution in [3.63, 3.8) is 0 Å². The molecule has 0 aliphatic heterocycles. The third-order valence-electron chi connectivity index (χ3n) is 3.28. The van der Waals surface area contributed by atoms with Crippen LogP contribution in [0, 0.1) is 10.1 Å². The first kappa shape index (κ1) is 15.0. The van der Waals surface area contributed by atoms with E-state index in [9.17, 15) is 19.7 Å². The van der Waals surface area contributed by atoms with Crippen molar-refractivity contribution in [2.24, 2.45) is 0 Å². The first-order valence-electron chi connectivity index (χ1n) is 6.60. The first-order chi connectivity index (χ1) is 9.97. The molecule has 0 bridgehead atoms. The van der Waals surface area contributed by atoms with Gasteiger partial charge < -0.3 is 9.47 Å². The van der Waals surface area contributed by atoms with Crippen LogP contribution in [0.25, 0.3) is 0 Å². The van der Waals surface area contributed by atoms with Gasteiger partial charge in [0.1, 0.15) is 12.2 Å². The summed E-state index contributed by atoms with van der Waals surface area (Å²) in [5, 5.41) is 10.5. The number of esters is 2. The number of benzene rings is 1. The van der Waals surface area contributed by atoms with Crippen molar-refractivity contribution < 1.29 is 24.0 Å². The fraction of sp³-hybridized carbons (Fsp3) is 0.429. The van der Waals surface area contributed by atoms with Crippen molar-refractivity contribution in [3.8, 4) is 0 Å². The van der Waals surface area contributed by atoms with E-state index in [4.69, 9.17) is 9.47 Å². The highest BCUT2D eigenvalue weighted by Crippen LogP contribution is 2.26. The average Bonchev–Trinajstić information content (AvgIpc) is 2.85. The number of nitro benzene ring substituents is 1. The molecule has 1 aromatic rings. The Morgan fingerprint density at radius 3 is 2.24 bits per heavy atom. The Kier molecular flexibility index (Phi) is 4.52. The second kappa shape index (κ2) is 6.34. The van der Waals surface area contributed by atoms with Crippen LogP contribution >= 0.6 is 0 Å². The Morgan fingerprint density at radius 2 is 1.71 bits per heavy atom.